The second-order valence-corrected chi connectivity index (χ2v) is 11.3. The zero-order valence-electron chi connectivity index (χ0n) is 20.9. The van der Waals surface area contributed by atoms with Crippen molar-refractivity contribution in [2.75, 3.05) is 33.4 Å². The van der Waals surface area contributed by atoms with Gasteiger partial charge >= 0.3 is 6.03 Å². The van der Waals surface area contributed by atoms with Crippen molar-refractivity contribution in [2.45, 2.75) is 64.5 Å². The van der Waals surface area contributed by atoms with E-state index in [0.29, 0.717) is 32.2 Å². The molecular formula is C26H42N4O3. The van der Waals surface area contributed by atoms with Crippen LogP contribution >= 0.6 is 0 Å². The minimum absolute atomic E-state index is 0.0328. The molecule has 7 heteroatoms. The molecule has 33 heavy (non-hydrogen) atoms. The van der Waals surface area contributed by atoms with Crippen LogP contribution in [0.15, 0.2) is 18.3 Å². The maximum absolute atomic E-state index is 13.5. The number of nitrogens with one attached hydrogen (secondary N) is 1. The number of nitrogens with zero attached hydrogens (tertiary/aromatic N) is 3. The van der Waals surface area contributed by atoms with Crippen molar-refractivity contribution in [3.63, 3.8) is 0 Å². The number of urea groups is 1. The van der Waals surface area contributed by atoms with Gasteiger partial charge in [0, 0.05) is 44.7 Å². The molecule has 0 saturated heterocycles. The monoisotopic (exact) mass is 458 g/mol. The zero-order chi connectivity index (χ0) is 23.6. The van der Waals surface area contributed by atoms with Crippen molar-refractivity contribution in [1.82, 2.24) is 19.7 Å². The van der Waals surface area contributed by atoms with Crippen molar-refractivity contribution < 1.29 is 14.3 Å². The molecular weight excluding hydrogens is 416 g/mol. The Morgan fingerprint density at radius 1 is 1.15 bits per heavy atom. The summed E-state index contributed by atoms with van der Waals surface area (Å²) >= 11 is 0. The third-order valence-corrected chi connectivity index (χ3v) is 7.93. The fourth-order valence-electron chi connectivity index (χ4n) is 6.84. The van der Waals surface area contributed by atoms with Gasteiger partial charge in [-0.1, -0.05) is 13.8 Å². The Hall–Kier alpha value is -2.02. The van der Waals surface area contributed by atoms with Crippen LogP contribution in [0.2, 0.25) is 0 Å². The van der Waals surface area contributed by atoms with Crippen LogP contribution in [0.25, 0.3) is 0 Å². The molecule has 5 rings (SSSR count). The molecule has 0 spiro atoms. The number of amides is 3. The van der Waals surface area contributed by atoms with Crippen LogP contribution in [-0.2, 0) is 23.1 Å². The van der Waals surface area contributed by atoms with Gasteiger partial charge in [-0.05, 0) is 74.3 Å². The van der Waals surface area contributed by atoms with E-state index in [1.165, 1.54) is 19.3 Å². The van der Waals surface area contributed by atoms with Crippen LogP contribution in [-0.4, -0.2) is 65.2 Å². The predicted octanol–water partition coefficient (Wildman–Crippen LogP) is 3.64. The van der Waals surface area contributed by atoms with Crippen LogP contribution < -0.4 is 5.32 Å². The first-order valence-corrected chi connectivity index (χ1v) is 12.7. The normalized spacial score (nSPS) is 27.7. The maximum Gasteiger partial charge on any atom is 0.318 e. The highest BCUT2D eigenvalue weighted by Gasteiger charge is 2.51. The zero-order valence-corrected chi connectivity index (χ0v) is 20.9. The SMILES string of the molecule is COCCN(Cc1cccn1C)C(=O)CN(CC(C)C)C(=O)NC12CC3CC(CC(C3)C1)C2. The van der Waals surface area contributed by atoms with Crippen molar-refractivity contribution in [3.05, 3.63) is 24.0 Å². The number of methoxy groups -OCH3 is 1. The molecule has 4 aliphatic carbocycles. The van der Waals surface area contributed by atoms with E-state index in [4.69, 9.17) is 4.74 Å². The topological polar surface area (TPSA) is 66.8 Å². The van der Waals surface area contributed by atoms with Crippen LogP contribution in [0.4, 0.5) is 4.79 Å². The molecule has 7 nitrogen and oxygen atoms in total. The Labute approximate surface area is 198 Å². The molecule has 4 bridgehead atoms. The van der Waals surface area contributed by atoms with Gasteiger partial charge in [0.2, 0.25) is 5.91 Å². The predicted molar refractivity (Wildman–Crippen MR) is 129 cm³/mol. The summed E-state index contributed by atoms with van der Waals surface area (Å²) in [7, 11) is 3.63. The van der Waals surface area contributed by atoms with Gasteiger partial charge in [-0.15, -0.1) is 0 Å². The Kier molecular flexibility index (Phi) is 7.37. The lowest BCUT2D eigenvalue weighted by Crippen LogP contribution is -2.62. The van der Waals surface area contributed by atoms with Gasteiger partial charge in [-0.3, -0.25) is 4.79 Å². The van der Waals surface area contributed by atoms with E-state index < -0.39 is 0 Å². The third kappa shape index (κ3) is 5.73. The van der Waals surface area contributed by atoms with E-state index in [9.17, 15) is 9.59 Å². The summed E-state index contributed by atoms with van der Waals surface area (Å²) in [4.78, 5) is 30.5. The fourth-order valence-corrected chi connectivity index (χ4v) is 6.84. The van der Waals surface area contributed by atoms with Crippen LogP contribution in [0, 0.1) is 23.7 Å². The molecule has 3 amide bonds. The van der Waals surface area contributed by atoms with E-state index in [0.717, 1.165) is 42.7 Å². The van der Waals surface area contributed by atoms with Crippen molar-refractivity contribution in [3.8, 4) is 0 Å². The van der Waals surface area contributed by atoms with Gasteiger partial charge in [-0.2, -0.15) is 0 Å². The molecule has 4 saturated carbocycles. The maximum atomic E-state index is 13.5. The number of ether oxygens (including phenoxy) is 1. The molecule has 4 fully saturated rings. The molecule has 1 aromatic heterocycles. The Balaban J connectivity index is 1.43. The van der Waals surface area contributed by atoms with Gasteiger partial charge in [0.15, 0.2) is 0 Å². The average molecular weight is 459 g/mol. The van der Waals surface area contributed by atoms with Crippen LogP contribution in [0.3, 0.4) is 0 Å². The smallest absolute Gasteiger partial charge is 0.318 e. The van der Waals surface area contributed by atoms with Gasteiger partial charge in [-0.25, -0.2) is 4.79 Å². The Morgan fingerprint density at radius 2 is 1.79 bits per heavy atom. The molecule has 0 radical (unpaired) electrons. The summed E-state index contributed by atoms with van der Waals surface area (Å²) in [6.45, 7) is 6.37. The van der Waals surface area contributed by atoms with Crippen molar-refractivity contribution in [1.29, 1.82) is 0 Å². The number of carbonyl (C=O) groups is 2. The fraction of sp³-hybridized carbons (Fsp3) is 0.769. The lowest BCUT2D eigenvalue weighted by molar-refractivity contribution is -0.133. The van der Waals surface area contributed by atoms with Crippen LogP contribution in [0.5, 0.6) is 0 Å². The standard InChI is InChI=1S/C26H42N4O3/c1-19(2)16-30(18-24(31)29(8-9-33-4)17-23-6-5-7-28(23)3)25(32)27-26-13-20-10-21(14-26)12-22(11-20)15-26/h5-7,19-22H,8-18H2,1-4H3,(H,27,32). The van der Waals surface area contributed by atoms with E-state index >= 15 is 0 Å². The lowest BCUT2D eigenvalue weighted by atomic mass is 9.53. The van der Waals surface area contributed by atoms with Gasteiger partial charge in [0.1, 0.15) is 6.54 Å². The summed E-state index contributed by atoms with van der Waals surface area (Å²) in [6, 6.07) is 3.95. The summed E-state index contributed by atoms with van der Waals surface area (Å²) in [5.41, 5.74) is 1.01. The first kappa shape index (κ1) is 24.1. The Bertz CT molecular complexity index is 798. The molecule has 0 aliphatic heterocycles. The quantitative estimate of drug-likeness (QED) is 0.582. The van der Waals surface area contributed by atoms with Gasteiger partial charge < -0.3 is 24.4 Å². The number of aromatic nitrogens is 1. The summed E-state index contributed by atoms with van der Waals surface area (Å²) < 4.78 is 7.28. The van der Waals surface area contributed by atoms with E-state index in [-0.39, 0.29) is 24.0 Å². The van der Waals surface area contributed by atoms with Crippen LogP contribution in [0.1, 0.15) is 58.1 Å². The summed E-state index contributed by atoms with van der Waals surface area (Å²) in [5, 5.41) is 3.46. The lowest BCUT2D eigenvalue weighted by Gasteiger charge is -2.57. The number of carbonyl (C=O) groups excluding carboxylic acids is 2. The summed E-state index contributed by atoms with van der Waals surface area (Å²) in [5.74, 6) is 2.57. The first-order chi connectivity index (χ1) is 15.8. The van der Waals surface area contributed by atoms with Gasteiger partial charge in [0.05, 0.1) is 13.2 Å². The largest absolute Gasteiger partial charge is 0.383 e. The molecule has 0 aromatic carbocycles. The average Bonchev–Trinajstić information content (AvgIpc) is 3.13. The Morgan fingerprint density at radius 3 is 2.30 bits per heavy atom. The first-order valence-electron chi connectivity index (χ1n) is 12.7. The van der Waals surface area contributed by atoms with E-state index in [1.54, 1.807) is 12.0 Å². The van der Waals surface area contributed by atoms with Gasteiger partial charge in [0.25, 0.3) is 0 Å². The minimum atomic E-state index is -0.0652. The molecule has 1 heterocycles. The minimum Gasteiger partial charge on any atom is -0.383 e. The number of aryl methyl sites for hydroxylation is 1. The molecule has 4 aliphatic rings. The molecule has 184 valence electrons. The molecule has 1 N–H and O–H groups in total. The second-order valence-electron chi connectivity index (χ2n) is 11.3. The number of hydrogen-bond donors (Lipinski definition) is 1. The van der Waals surface area contributed by atoms with Crippen molar-refractivity contribution >= 4 is 11.9 Å². The highest BCUT2D eigenvalue weighted by Crippen LogP contribution is 2.55. The summed E-state index contributed by atoms with van der Waals surface area (Å²) in [6.07, 6.45) is 9.36. The number of rotatable bonds is 10. The second kappa shape index (κ2) is 10.1. The van der Waals surface area contributed by atoms with Crippen molar-refractivity contribution in [2.24, 2.45) is 30.7 Å². The number of hydrogen-bond acceptors (Lipinski definition) is 3. The third-order valence-electron chi connectivity index (χ3n) is 7.93. The molecule has 0 unspecified atom stereocenters. The van der Waals surface area contributed by atoms with E-state index in [1.807, 2.05) is 34.8 Å². The highest BCUT2D eigenvalue weighted by molar-refractivity contribution is 5.84. The molecule has 1 aromatic rings. The molecule has 0 atom stereocenters. The highest BCUT2D eigenvalue weighted by atomic mass is 16.5. The van der Waals surface area contributed by atoms with E-state index in [2.05, 4.69) is 19.2 Å².